The van der Waals surface area contributed by atoms with Gasteiger partial charge in [0.15, 0.2) is 0 Å². The molecule has 1 aromatic heterocycles. The fraction of sp³-hybridized carbons (Fsp3) is 0.438. The number of benzene rings is 1. The minimum absolute atomic E-state index is 0.408. The summed E-state index contributed by atoms with van der Waals surface area (Å²) in [7, 11) is 0. The Labute approximate surface area is 126 Å². The number of hydrogen-bond acceptors (Lipinski definition) is 2. The molecule has 1 unspecified atom stereocenters. The molecule has 3 nitrogen and oxygen atoms in total. The van der Waals surface area contributed by atoms with E-state index in [-0.39, 0.29) is 0 Å². The summed E-state index contributed by atoms with van der Waals surface area (Å²) in [5.74, 6) is 0.726. The average Bonchev–Trinajstić information content (AvgIpc) is 2.90. The number of nitrogens with zero attached hydrogens (tertiary/aromatic N) is 2. The summed E-state index contributed by atoms with van der Waals surface area (Å²) < 4.78 is 1.85. The van der Waals surface area contributed by atoms with Crippen LogP contribution in [0.1, 0.15) is 33.6 Å². The van der Waals surface area contributed by atoms with Crippen molar-refractivity contribution < 1.29 is 0 Å². The second kappa shape index (κ2) is 6.80. The quantitative estimate of drug-likeness (QED) is 0.831. The van der Waals surface area contributed by atoms with E-state index >= 15 is 0 Å². The third-order valence-corrected chi connectivity index (χ3v) is 3.52. The summed E-state index contributed by atoms with van der Waals surface area (Å²) in [5.41, 5.74) is 2.05. The van der Waals surface area contributed by atoms with Crippen LogP contribution in [0.4, 0.5) is 5.69 Å². The van der Waals surface area contributed by atoms with Crippen LogP contribution in [-0.4, -0.2) is 15.8 Å². The minimum atomic E-state index is 0.408. The zero-order chi connectivity index (χ0) is 14.5. The molecule has 0 aliphatic carbocycles. The van der Waals surface area contributed by atoms with Crippen molar-refractivity contribution in [1.82, 2.24) is 9.78 Å². The van der Waals surface area contributed by atoms with Gasteiger partial charge in [-0.3, -0.25) is 0 Å². The highest BCUT2D eigenvalue weighted by atomic mass is 35.5. The van der Waals surface area contributed by atoms with E-state index in [0.29, 0.717) is 6.04 Å². The highest BCUT2D eigenvalue weighted by Gasteiger charge is 2.09. The van der Waals surface area contributed by atoms with Crippen molar-refractivity contribution >= 4 is 17.3 Å². The fourth-order valence-corrected chi connectivity index (χ4v) is 2.33. The van der Waals surface area contributed by atoms with Crippen molar-refractivity contribution in [3.8, 4) is 5.69 Å². The van der Waals surface area contributed by atoms with Crippen LogP contribution in [-0.2, 0) is 0 Å². The largest absolute Gasteiger partial charge is 0.381 e. The van der Waals surface area contributed by atoms with E-state index in [1.807, 2.05) is 35.1 Å². The molecule has 0 aliphatic heterocycles. The van der Waals surface area contributed by atoms with Gasteiger partial charge in [0, 0.05) is 23.5 Å². The molecule has 1 heterocycles. The molecule has 1 aromatic carbocycles. The van der Waals surface area contributed by atoms with Crippen molar-refractivity contribution in [3.63, 3.8) is 0 Å². The molecule has 0 fully saturated rings. The first-order chi connectivity index (χ1) is 9.56. The Morgan fingerprint density at radius 3 is 2.70 bits per heavy atom. The second-order valence-corrected chi connectivity index (χ2v) is 6.07. The maximum atomic E-state index is 6.12. The summed E-state index contributed by atoms with van der Waals surface area (Å²) >= 11 is 6.12. The van der Waals surface area contributed by atoms with Gasteiger partial charge in [-0.2, -0.15) is 5.10 Å². The molecule has 0 amide bonds. The average molecular weight is 292 g/mol. The van der Waals surface area contributed by atoms with Crippen molar-refractivity contribution in [2.45, 2.75) is 39.7 Å². The van der Waals surface area contributed by atoms with Crippen LogP contribution < -0.4 is 5.32 Å². The normalized spacial score (nSPS) is 12.7. The third kappa shape index (κ3) is 4.01. The van der Waals surface area contributed by atoms with Crippen LogP contribution in [0.15, 0.2) is 36.7 Å². The molecule has 2 rings (SSSR count). The van der Waals surface area contributed by atoms with Crippen molar-refractivity contribution in [2.75, 3.05) is 5.32 Å². The minimum Gasteiger partial charge on any atom is -0.381 e. The monoisotopic (exact) mass is 291 g/mol. The standard InChI is InChI=1S/C16H22ClN3/c1-12(2)5-6-13(3)19-15-11-14(17)7-8-16(15)20-10-4-9-18-20/h4,7-13,19H,5-6H2,1-3H3. The lowest BCUT2D eigenvalue weighted by Crippen LogP contribution is -2.17. The van der Waals surface area contributed by atoms with Gasteiger partial charge in [0.05, 0.1) is 11.4 Å². The molecule has 1 atom stereocenters. The molecule has 20 heavy (non-hydrogen) atoms. The topological polar surface area (TPSA) is 29.9 Å². The van der Waals surface area contributed by atoms with Gasteiger partial charge >= 0.3 is 0 Å². The number of anilines is 1. The summed E-state index contributed by atoms with van der Waals surface area (Å²) in [6.45, 7) is 6.71. The van der Waals surface area contributed by atoms with Crippen molar-refractivity contribution in [3.05, 3.63) is 41.7 Å². The zero-order valence-electron chi connectivity index (χ0n) is 12.3. The SMILES string of the molecule is CC(C)CCC(C)Nc1cc(Cl)ccc1-n1cccn1. The van der Waals surface area contributed by atoms with Crippen LogP contribution in [0.2, 0.25) is 5.02 Å². The van der Waals surface area contributed by atoms with Gasteiger partial charge in [-0.1, -0.05) is 25.4 Å². The van der Waals surface area contributed by atoms with Gasteiger partial charge in [-0.25, -0.2) is 4.68 Å². The maximum Gasteiger partial charge on any atom is 0.0877 e. The first-order valence-electron chi connectivity index (χ1n) is 7.12. The molecule has 0 radical (unpaired) electrons. The molecule has 108 valence electrons. The summed E-state index contributed by atoms with van der Waals surface area (Å²) in [6.07, 6.45) is 6.07. The van der Waals surface area contributed by atoms with Gasteiger partial charge in [0.25, 0.3) is 0 Å². The molecule has 0 bridgehead atoms. The predicted octanol–water partition coefficient (Wildman–Crippen LogP) is 4.76. The molecule has 1 N–H and O–H groups in total. The predicted molar refractivity (Wildman–Crippen MR) is 85.7 cm³/mol. The molecule has 0 spiro atoms. The van der Waals surface area contributed by atoms with Crippen molar-refractivity contribution in [1.29, 1.82) is 0 Å². The van der Waals surface area contributed by atoms with Crippen LogP contribution in [0.25, 0.3) is 5.69 Å². The highest BCUT2D eigenvalue weighted by Crippen LogP contribution is 2.25. The van der Waals surface area contributed by atoms with E-state index in [4.69, 9.17) is 11.6 Å². The lowest BCUT2D eigenvalue weighted by molar-refractivity contribution is 0.527. The first-order valence-corrected chi connectivity index (χ1v) is 7.50. The second-order valence-electron chi connectivity index (χ2n) is 5.63. The summed E-state index contributed by atoms with van der Waals surface area (Å²) in [4.78, 5) is 0. The lowest BCUT2D eigenvalue weighted by atomic mass is 10.0. The van der Waals surface area contributed by atoms with E-state index < -0.39 is 0 Å². The van der Waals surface area contributed by atoms with Crippen LogP contribution >= 0.6 is 11.6 Å². The summed E-state index contributed by atoms with van der Waals surface area (Å²) in [5, 5.41) is 8.58. The lowest BCUT2D eigenvalue weighted by Gasteiger charge is -2.19. The third-order valence-electron chi connectivity index (χ3n) is 3.29. The Balaban J connectivity index is 2.16. The molecule has 0 saturated carbocycles. The van der Waals surface area contributed by atoms with Crippen LogP contribution in [0.5, 0.6) is 0 Å². The molecular weight excluding hydrogens is 270 g/mol. The number of halogens is 1. The zero-order valence-corrected chi connectivity index (χ0v) is 13.1. The van der Waals surface area contributed by atoms with Crippen molar-refractivity contribution in [2.24, 2.45) is 5.92 Å². The van der Waals surface area contributed by atoms with Gasteiger partial charge in [-0.05, 0) is 49.9 Å². The molecule has 4 heteroatoms. The Kier molecular flexibility index (Phi) is 5.07. The number of nitrogens with one attached hydrogen (secondary N) is 1. The van der Waals surface area contributed by atoms with Gasteiger partial charge in [0.2, 0.25) is 0 Å². The highest BCUT2D eigenvalue weighted by molar-refractivity contribution is 6.31. The van der Waals surface area contributed by atoms with E-state index in [1.54, 1.807) is 6.20 Å². The van der Waals surface area contributed by atoms with Gasteiger partial charge < -0.3 is 5.32 Å². The van der Waals surface area contributed by atoms with Gasteiger partial charge in [-0.15, -0.1) is 0 Å². The summed E-state index contributed by atoms with van der Waals surface area (Å²) in [6, 6.07) is 8.17. The number of hydrogen-bond donors (Lipinski definition) is 1. The fourth-order valence-electron chi connectivity index (χ4n) is 2.16. The van der Waals surface area contributed by atoms with E-state index in [9.17, 15) is 0 Å². The number of rotatable bonds is 6. The maximum absolute atomic E-state index is 6.12. The van der Waals surface area contributed by atoms with E-state index in [0.717, 1.165) is 28.7 Å². The molecule has 2 aromatic rings. The Hall–Kier alpha value is -1.48. The van der Waals surface area contributed by atoms with E-state index in [1.165, 1.54) is 6.42 Å². The molecule has 0 aliphatic rings. The number of aromatic nitrogens is 2. The smallest absolute Gasteiger partial charge is 0.0877 e. The van der Waals surface area contributed by atoms with Crippen LogP contribution in [0, 0.1) is 5.92 Å². The molecular formula is C16H22ClN3. The Bertz CT molecular complexity index is 535. The Morgan fingerprint density at radius 1 is 1.25 bits per heavy atom. The van der Waals surface area contributed by atoms with E-state index in [2.05, 4.69) is 31.2 Å². The Morgan fingerprint density at radius 2 is 2.05 bits per heavy atom. The molecule has 0 saturated heterocycles. The first kappa shape index (κ1) is 14.9. The van der Waals surface area contributed by atoms with Crippen LogP contribution in [0.3, 0.4) is 0 Å². The van der Waals surface area contributed by atoms with Gasteiger partial charge in [0.1, 0.15) is 0 Å².